The molecule has 2 N–H and O–H groups in total. The quantitative estimate of drug-likeness (QED) is 0.0759. The number of esters is 1. The summed E-state index contributed by atoms with van der Waals surface area (Å²) in [5, 5.41) is 5.84. The van der Waals surface area contributed by atoms with Crippen LogP contribution >= 0.6 is 39.1 Å². The summed E-state index contributed by atoms with van der Waals surface area (Å²) in [6.07, 6.45) is 1.44. The summed E-state index contributed by atoms with van der Waals surface area (Å²) in [5.74, 6) is -0.347. The molecule has 212 valence electrons. The predicted molar refractivity (Wildman–Crippen MR) is 167 cm³/mol. The molecule has 0 radical (unpaired) electrons. The zero-order valence-electron chi connectivity index (χ0n) is 22.2. The van der Waals surface area contributed by atoms with E-state index in [1.807, 2.05) is 36.4 Å². The first kappa shape index (κ1) is 29.2. The fourth-order valence-electron chi connectivity index (χ4n) is 4.36. The third-order valence-corrected chi connectivity index (χ3v) is 7.53. The number of ether oxygens (including phenoxy) is 3. The zero-order valence-corrected chi connectivity index (χ0v) is 25.3. The van der Waals surface area contributed by atoms with Gasteiger partial charge in [-0.25, -0.2) is 10.2 Å². The second-order valence-corrected chi connectivity index (χ2v) is 10.6. The van der Waals surface area contributed by atoms with Crippen molar-refractivity contribution in [1.82, 2.24) is 10.4 Å². The van der Waals surface area contributed by atoms with Gasteiger partial charge in [0.05, 0.1) is 26.0 Å². The number of para-hydroxylation sites is 1. The molecule has 8 nitrogen and oxygen atoms in total. The molecule has 0 saturated heterocycles. The van der Waals surface area contributed by atoms with Crippen molar-refractivity contribution in [3.05, 3.63) is 110 Å². The number of carbonyl (C=O) groups excluding carboxylic acids is 2. The third kappa shape index (κ3) is 5.99. The molecule has 0 unspecified atom stereocenters. The lowest BCUT2D eigenvalue weighted by Crippen LogP contribution is -2.19. The molecule has 0 bridgehead atoms. The monoisotopic (exact) mass is 665 g/mol. The number of nitrogens with zero attached hydrogens (tertiary/aromatic N) is 1. The van der Waals surface area contributed by atoms with Gasteiger partial charge in [0.2, 0.25) is 0 Å². The smallest absolute Gasteiger partial charge is 0.347 e. The molecule has 1 amide bonds. The zero-order chi connectivity index (χ0) is 29.8. The van der Waals surface area contributed by atoms with Crippen LogP contribution in [0.15, 0.2) is 88.4 Å². The molecule has 0 atom stereocenters. The summed E-state index contributed by atoms with van der Waals surface area (Å²) >= 11 is 16.1. The Kier molecular flexibility index (Phi) is 8.82. The highest BCUT2D eigenvalue weighted by atomic mass is 79.9. The van der Waals surface area contributed by atoms with Gasteiger partial charge in [-0.15, -0.1) is 0 Å². The highest BCUT2D eigenvalue weighted by Crippen LogP contribution is 2.38. The summed E-state index contributed by atoms with van der Waals surface area (Å²) in [6, 6.07) is 22.5. The Morgan fingerprint density at radius 1 is 0.905 bits per heavy atom. The van der Waals surface area contributed by atoms with Crippen molar-refractivity contribution >= 4 is 68.1 Å². The van der Waals surface area contributed by atoms with Crippen LogP contribution in [-0.2, 0) is 0 Å². The predicted octanol–water partition coefficient (Wildman–Crippen LogP) is 7.90. The molecule has 1 aromatic heterocycles. The molecule has 4 aromatic carbocycles. The topological polar surface area (TPSA) is 102 Å². The van der Waals surface area contributed by atoms with Crippen molar-refractivity contribution in [3.8, 4) is 28.4 Å². The SMILES string of the molecule is COc1cc(C=NNC(=O)c2[nH]c3c(Br)cccc3c2-c2ccccc2Cl)ccc1OC(=O)c1cc(Cl)ccc1OC. The average Bonchev–Trinajstić information content (AvgIpc) is 3.39. The van der Waals surface area contributed by atoms with Crippen LogP contribution in [0, 0.1) is 0 Å². The van der Waals surface area contributed by atoms with Crippen LogP contribution in [0.25, 0.3) is 22.0 Å². The van der Waals surface area contributed by atoms with Crippen LogP contribution in [0.3, 0.4) is 0 Å². The van der Waals surface area contributed by atoms with Crippen molar-refractivity contribution in [1.29, 1.82) is 0 Å². The van der Waals surface area contributed by atoms with Crippen molar-refractivity contribution in [2.75, 3.05) is 14.2 Å². The van der Waals surface area contributed by atoms with Gasteiger partial charge in [0, 0.05) is 31.0 Å². The van der Waals surface area contributed by atoms with E-state index < -0.39 is 11.9 Å². The summed E-state index contributed by atoms with van der Waals surface area (Å²) in [6.45, 7) is 0. The van der Waals surface area contributed by atoms with E-state index in [1.54, 1.807) is 36.4 Å². The van der Waals surface area contributed by atoms with Gasteiger partial charge < -0.3 is 19.2 Å². The van der Waals surface area contributed by atoms with Crippen molar-refractivity contribution in [2.24, 2.45) is 5.10 Å². The van der Waals surface area contributed by atoms with Crippen LogP contribution < -0.4 is 19.6 Å². The lowest BCUT2D eigenvalue weighted by molar-refractivity contribution is 0.0726. The molecule has 0 aliphatic rings. The molecule has 5 aromatic rings. The Hall–Kier alpha value is -4.31. The Balaban J connectivity index is 1.37. The molecule has 0 saturated carbocycles. The normalized spacial score (nSPS) is 11.1. The summed E-state index contributed by atoms with van der Waals surface area (Å²) in [5.41, 5.74) is 5.75. The highest BCUT2D eigenvalue weighted by Gasteiger charge is 2.22. The number of carbonyl (C=O) groups is 2. The number of hydrogen-bond acceptors (Lipinski definition) is 6. The molecule has 0 aliphatic heterocycles. The second kappa shape index (κ2) is 12.7. The standard InChI is InChI=1S/C31H22BrCl2N3O5/c1-40-24-13-11-18(33)15-21(24)31(39)42-25-12-10-17(14-26(25)41-2)16-35-37-30(38)29-27(19-6-3-4-9-23(19)34)20-7-5-8-22(32)28(20)36-29/h3-16,36H,1-2H3,(H,37,38). The number of nitrogens with one attached hydrogen (secondary N) is 2. The number of hydrazone groups is 1. The van der Waals surface area contributed by atoms with Gasteiger partial charge in [0.1, 0.15) is 17.0 Å². The van der Waals surface area contributed by atoms with Crippen LogP contribution in [0.4, 0.5) is 0 Å². The molecule has 0 spiro atoms. The summed E-state index contributed by atoms with van der Waals surface area (Å²) in [7, 11) is 2.89. The maximum atomic E-state index is 13.3. The summed E-state index contributed by atoms with van der Waals surface area (Å²) in [4.78, 5) is 29.3. The highest BCUT2D eigenvalue weighted by molar-refractivity contribution is 9.10. The Bertz CT molecular complexity index is 1850. The van der Waals surface area contributed by atoms with E-state index in [0.717, 1.165) is 15.4 Å². The third-order valence-electron chi connectivity index (χ3n) is 6.30. The number of amides is 1. The van der Waals surface area contributed by atoms with Gasteiger partial charge in [0.15, 0.2) is 11.5 Å². The van der Waals surface area contributed by atoms with E-state index in [4.69, 9.17) is 37.4 Å². The van der Waals surface area contributed by atoms with E-state index >= 15 is 0 Å². The van der Waals surface area contributed by atoms with E-state index in [9.17, 15) is 9.59 Å². The molecule has 5 rings (SSSR count). The van der Waals surface area contributed by atoms with Crippen molar-refractivity contribution < 1.29 is 23.8 Å². The molecule has 0 fully saturated rings. The molecule has 11 heteroatoms. The first-order chi connectivity index (χ1) is 20.3. The van der Waals surface area contributed by atoms with Gasteiger partial charge in [-0.1, -0.05) is 53.5 Å². The minimum atomic E-state index is -0.666. The summed E-state index contributed by atoms with van der Waals surface area (Å²) < 4.78 is 17.0. The lowest BCUT2D eigenvalue weighted by atomic mass is 10.0. The van der Waals surface area contributed by atoms with Crippen molar-refractivity contribution in [3.63, 3.8) is 0 Å². The first-order valence-corrected chi connectivity index (χ1v) is 14.0. The maximum absolute atomic E-state index is 13.3. The minimum absolute atomic E-state index is 0.167. The minimum Gasteiger partial charge on any atom is -0.496 e. The van der Waals surface area contributed by atoms with Gasteiger partial charge in [-0.2, -0.15) is 5.10 Å². The van der Waals surface area contributed by atoms with Crippen LogP contribution in [-0.4, -0.2) is 37.3 Å². The van der Waals surface area contributed by atoms with Gasteiger partial charge in [0.25, 0.3) is 5.91 Å². The largest absolute Gasteiger partial charge is 0.496 e. The Morgan fingerprint density at radius 2 is 1.67 bits per heavy atom. The van der Waals surface area contributed by atoms with E-state index in [0.29, 0.717) is 38.2 Å². The maximum Gasteiger partial charge on any atom is 0.347 e. The fraction of sp³-hybridized carbons (Fsp3) is 0.0645. The number of halogens is 3. The average molecular weight is 667 g/mol. The number of benzene rings is 4. The number of aromatic amines is 1. The number of methoxy groups -OCH3 is 2. The fourth-order valence-corrected chi connectivity index (χ4v) is 5.23. The van der Waals surface area contributed by atoms with Crippen LogP contribution in [0.5, 0.6) is 17.2 Å². The van der Waals surface area contributed by atoms with Gasteiger partial charge >= 0.3 is 5.97 Å². The number of hydrogen-bond donors (Lipinski definition) is 2. The number of aromatic nitrogens is 1. The van der Waals surface area contributed by atoms with Crippen LogP contribution in [0.1, 0.15) is 26.4 Å². The number of rotatable bonds is 8. The number of fused-ring (bicyclic) bond motifs is 1. The van der Waals surface area contributed by atoms with E-state index in [-0.39, 0.29) is 17.1 Å². The Labute approximate surface area is 259 Å². The molecule has 0 aliphatic carbocycles. The van der Waals surface area contributed by atoms with E-state index in [1.165, 1.54) is 26.5 Å². The molecular weight excluding hydrogens is 645 g/mol. The molecule has 42 heavy (non-hydrogen) atoms. The van der Waals surface area contributed by atoms with Gasteiger partial charge in [-0.3, -0.25) is 4.79 Å². The molecule has 1 heterocycles. The van der Waals surface area contributed by atoms with Crippen molar-refractivity contribution in [2.45, 2.75) is 0 Å². The number of H-pyrrole nitrogens is 1. The van der Waals surface area contributed by atoms with Crippen LogP contribution in [0.2, 0.25) is 10.0 Å². The second-order valence-electron chi connectivity index (χ2n) is 8.86. The lowest BCUT2D eigenvalue weighted by Gasteiger charge is -2.12. The van der Waals surface area contributed by atoms with Gasteiger partial charge in [-0.05, 0) is 70.0 Å². The Morgan fingerprint density at radius 3 is 2.43 bits per heavy atom. The molecular formula is C31H22BrCl2N3O5. The first-order valence-electron chi connectivity index (χ1n) is 12.4. The van der Waals surface area contributed by atoms with E-state index in [2.05, 4.69) is 31.4 Å².